The molecule has 18 heavy (non-hydrogen) atoms. The van der Waals surface area contributed by atoms with Crippen LogP contribution in [0.1, 0.15) is 25.3 Å². The summed E-state index contributed by atoms with van der Waals surface area (Å²) < 4.78 is 0. The van der Waals surface area contributed by atoms with Gasteiger partial charge in [0.1, 0.15) is 0 Å². The molecule has 0 amide bonds. The van der Waals surface area contributed by atoms with Gasteiger partial charge in [-0.05, 0) is 30.3 Å². The Balaban J connectivity index is 1.97. The highest BCUT2D eigenvalue weighted by atomic mass is 32.2. The second-order valence-electron chi connectivity index (χ2n) is 4.46. The fraction of sp³-hybridized carbons (Fsp3) is 0.500. The Hall–Kier alpha value is -0.740. The normalized spacial score (nSPS) is 14.8. The Labute approximate surface area is 119 Å². The van der Waals surface area contributed by atoms with E-state index in [0.717, 1.165) is 30.5 Å². The molecule has 0 bridgehead atoms. The van der Waals surface area contributed by atoms with Crippen LogP contribution in [0.3, 0.4) is 0 Å². The predicted molar refractivity (Wildman–Crippen MR) is 83.1 cm³/mol. The van der Waals surface area contributed by atoms with Crippen LogP contribution in [0.15, 0.2) is 29.2 Å². The first kappa shape index (κ1) is 13.7. The summed E-state index contributed by atoms with van der Waals surface area (Å²) in [6, 6.07) is 8.63. The lowest BCUT2D eigenvalue weighted by molar-refractivity contribution is 0.430. The summed E-state index contributed by atoms with van der Waals surface area (Å²) in [4.78, 5) is 3.68. The molecule has 1 aliphatic rings. The maximum absolute atomic E-state index is 5.48. The van der Waals surface area contributed by atoms with Crippen molar-refractivity contribution in [2.45, 2.75) is 31.2 Å². The van der Waals surface area contributed by atoms with E-state index in [0.29, 0.717) is 0 Å². The molecule has 0 saturated heterocycles. The van der Waals surface area contributed by atoms with Gasteiger partial charge in [-0.25, -0.2) is 0 Å². The van der Waals surface area contributed by atoms with E-state index in [-0.39, 0.29) is 0 Å². The Morgan fingerprint density at radius 2 is 2.28 bits per heavy atom. The van der Waals surface area contributed by atoms with Crippen molar-refractivity contribution in [3.63, 3.8) is 0 Å². The minimum Gasteiger partial charge on any atom is -0.363 e. The van der Waals surface area contributed by atoms with Gasteiger partial charge in [-0.1, -0.05) is 31.5 Å². The lowest BCUT2D eigenvalue weighted by Crippen LogP contribution is -2.40. The molecule has 0 unspecified atom stereocenters. The van der Waals surface area contributed by atoms with Gasteiger partial charge in [-0.2, -0.15) is 0 Å². The first-order valence-corrected chi connectivity index (χ1v) is 7.94. The Bertz CT molecular complexity index is 407. The van der Waals surface area contributed by atoms with Gasteiger partial charge in [-0.3, -0.25) is 0 Å². The number of fused-ring (bicyclic) bond motifs is 1. The van der Waals surface area contributed by atoms with Crippen molar-refractivity contribution in [3.8, 4) is 0 Å². The van der Waals surface area contributed by atoms with E-state index >= 15 is 0 Å². The van der Waals surface area contributed by atoms with Crippen LogP contribution in [-0.2, 0) is 6.54 Å². The average Bonchev–Trinajstić information content (AvgIpc) is 2.61. The maximum Gasteiger partial charge on any atom is 0.169 e. The first-order valence-electron chi connectivity index (χ1n) is 6.54. The molecule has 1 aliphatic heterocycles. The van der Waals surface area contributed by atoms with Gasteiger partial charge in [0.05, 0.1) is 0 Å². The monoisotopic (exact) mass is 280 g/mol. The van der Waals surface area contributed by atoms with Crippen molar-refractivity contribution in [2.24, 2.45) is 0 Å². The van der Waals surface area contributed by atoms with Crippen molar-refractivity contribution in [1.82, 2.24) is 10.2 Å². The first-order chi connectivity index (χ1) is 8.81. The van der Waals surface area contributed by atoms with Crippen molar-refractivity contribution in [2.75, 3.05) is 18.8 Å². The van der Waals surface area contributed by atoms with Gasteiger partial charge < -0.3 is 10.2 Å². The molecule has 0 aliphatic carbocycles. The molecule has 0 spiro atoms. The third kappa shape index (κ3) is 3.62. The minimum absolute atomic E-state index is 0.903. The number of benzene rings is 1. The van der Waals surface area contributed by atoms with Crippen molar-refractivity contribution in [1.29, 1.82) is 0 Å². The van der Waals surface area contributed by atoms with Crippen molar-refractivity contribution >= 4 is 29.1 Å². The zero-order valence-corrected chi connectivity index (χ0v) is 12.4. The Morgan fingerprint density at radius 1 is 1.44 bits per heavy atom. The summed E-state index contributed by atoms with van der Waals surface area (Å²) >= 11 is 7.41. The minimum atomic E-state index is 0.903. The fourth-order valence-corrected chi connectivity index (χ4v) is 3.27. The Kier molecular flexibility index (Phi) is 5.32. The number of nitrogens with one attached hydrogen (secondary N) is 1. The molecular weight excluding hydrogens is 260 g/mol. The maximum atomic E-state index is 5.48. The highest BCUT2D eigenvalue weighted by molar-refractivity contribution is 7.99. The zero-order chi connectivity index (χ0) is 12.8. The van der Waals surface area contributed by atoms with Crippen molar-refractivity contribution < 1.29 is 0 Å². The quantitative estimate of drug-likeness (QED) is 0.675. The number of unbranched alkanes of at least 4 members (excludes halogenated alkanes) is 1. The number of hydrogen-bond acceptors (Lipinski definition) is 2. The second kappa shape index (κ2) is 7.00. The molecule has 0 atom stereocenters. The third-order valence-electron chi connectivity index (χ3n) is 3.05. The summed E-state index contributed by atoms with van der Waals surface area (Å²) in [7, 11) is 0. The molecule has 0 aromatic heterocycles. The SMILES string of the molecule is CCCCNC(=S)N1CCSc2ccccc2C1. The summed E-state index contributed by atoms with van der Waals surface area (Å²) in [6.07, 6.45) is 2.38. The molecule has 2 nitrogen and oxygen atoms in total. The predicted octanol–water partition coefficient (Wildman–Crippen LogP) is 3.27. The molecular formula is C14H20N2S2. The van der Waals surface area contributed by atoms with E-state index in [2.05, 4.69) is 41.4 Å². The number of thiocarbonyl (C=S) groups is 1. The van der Waals surface area contributed by atoms with E-state index in [1.807, 2.05) is 11.8 Å². The van der Waals surface area contributed by atoms with Crippen LogP contribution < -0.4 is 5.32 Å². The lowest BCUT2D eigenvalue weighted by atomic mass is 10.2. The van der Waals surface area contributed by atoms with E-state index in [4.69, 9.17) is 12.2 Å². The topological polar surface area (TPSA) is 15.3 Å². The fourth-order valence-electron chi connectivity index (χ4n) is 1.98. The molecule has 1 N–H and O–H groups in total. The second-order valence-corrected chi connectivity index (χ2v) is 5.99. The molecule has 1 aromatic carbocycles. The highest BCUT2D eigenvalue weighted by Crippen LogP contribution is 2.26. The summed E-state index contributed by atoms with van der Waals surface area (Å²) in [5.74, 6) is 1.10. The lowest BCUT2D eigenvalue weighted by Gasteiger charge is -2.24. The molecule has 0 fully saturated rings. The van der Waals surface area contributed by atoms with Crippen LogP contribution in [0.25, 0.3) is 0 Å². The standard InChI is InChI=1S/C14H20N2S2/c1-2-3-8-15-14(17)16-9-10-18-13-7-5-4-6-12(13)11-16/h4-7H,2-3,8-11H2,1H3,(H,15,17). The van der Waals surface area contributed by atoms with Crippen LogP contribution >= 0.6 is 24.0 Å². The highest BCUT2D eigenvalue weighted by Gasteiger charge is 2.16. The van der Waals surface area contributed by atoms with Crippen molar-refractivity contribution in [3.05, 3.63) is 29.8 Å². The number of nitrogens with zero attached hydrogens (tertiary/aromatic N) is 1. The van der Waals surface area contributed by atoms with Gasteiger partial charge in [0.15, 0.2) is 5.11 Å². The van der Waals surface area contributed by atoms with Crippen LogP contribution in [0.2, 0.25) is 0 Å². The van der Waals surface area contributed by atoms with Crippen LogP contribution in [0.5, 0.6) is 0 Å². The largest absolute Gasteiger partial charge is 0.363 e. The van der Waals surface area contributed by atoms with Gasteiger partial charge >= 0.3 is 0 Å². The smallest absolute Gasteiger partial charge is 0.169 e. The average molecular weight is 280 g/mol. The molecule has 2 rings (SSSR count). The van der Waals surface area contributed by atoms with Gasteiger partial charge in [0.2, 0.25) is 0 Å². The van der Waals surface area contributed by atoms with Gasteiger partial charge in [-0.15, -0.1) is 11.8 Å². The van der Waals surface area contributed by atoms with E-state index in [1.54, 1.807) is 0 Å². The summed E-state index contributed by atoms with van der Waals surface area (Å²) in [5.41, 5.74) is 1.39. The number of hydrogen-bond donors (Lipinski definition) is 1. The third-order valence-corrected chi connectivity index (χ3v) is 4.54. The van der Waals surface area contributed by atoms with Crippen LogP contribution in [-0.4, -0.2) is 28.9 Å². The molecule has 0 saturated carbocycles. The molecule has 98 valence electrons. The van der Waals surface area contributed by atoms with Gasteiger partial charge in [0.25, 0.3) is 0 Å². The van der Waals surface area contributed by atoms with E-state index in [9.17, 15) is 0 Å². The van der Waals surface area contributed by atoms with Gasteiger partial charge in [0, 0.05) is 30.3 Å². The Morgan fingerprint density at radius 3 is 3.11 bits per heavy atom. The van der Waals surface area contributed by atoms with E-state index < -0.39 is 0 Å². The summed E-state index contributed by atoms with van der Waals surface area (Å²) in [5, 5.41) is 4.26. The zero-order valence-electron chi connectivity index (χ0n) is 10.8. The molecule has 1 heterocycles. The molecule has 0 radical (unpaired) electrons. The number of rotatable bonds is 3. The summed E-state index contributed by atoms with van der Waals surface area (Å²) in [6.45, 7) is 5.14. The van der Waals surface area contributed by atoms with Crippen LogP contribution in [0, 0.1) is 0 Å². The molecule has 1 aromatic rings. The van der Waals surface area contributed by atoms with E-state index in [1.165, 1.54) is 23.3 Å². The molecule has 4 heteroatoms. The number of thioether (sulfide) groups is 1. The van der Waals surface area contributed by atoms with Crippen LogP contribution in [0.4, 0.5) is 0 Å².